The average molecular weight is 458 g/mol. The maximum Gasteiger partial charge on any atom is 0.405 e. The van der Waals surface area contributed by atoms with E-state index in [9.17, 15) is 22.8 Å². The van der Waals surface area contributed by atoms with Crippen LogP contribution in [0.4, 0.5) is 18.9 Å². The number of amides is 2. The summed E-state index contributed by atoms with van der Waals surface area (Å²) in [7, 11) is 0. The van der Waals surface area contributed by atoms with E-state index in [4.69, 9.17) is 0 Å². The molecule has 0 aliphatic carbocycles. The molecule has 2 heterocycles. The van der Waals surface area contributed by atoms with Crippen molar-refractivity contribution >= 4 is 33.8 Å². The molecule has 0 aliphatic rings. The van der Waals surface area contributed by atoms with Crippen molar-refractivity contribution in [2.24, 2.45) is 0 Å². The summed E-state index contributed by atoms with van der Waals surface area (Å²) in [4.78, 5) is 29.6. The maximum absolute atomic E-state index is 12.5. The van der Waals surface area contributed by atoms with Gasteiger partial charge in [-0.05, 0) is 24.3 Å². The van der Waals surface area contributed by atoms with Crippen LogP contribution in [-0.2, 0) is 11.2 Å². The van der Waals surface area contributed by atoms with Crippen LogP contribution in [-0.4, -0.2) is 33.9 Å². The number of aromatic nitrogens is 2. The lowest BCUT2D eigenvalue weighted by atomic mass is 10.2. The number of carbonyl (C=O) groups is 2. The standard InChI is InChI=1S/C22H17F3N4O2S/c23-22(24,25)13-26-20(31)15-6-8-16(9-7-15)27-19(30)10-17-12-32-21-28-18(11-29(17)21)14-4-2-1-3-5-14/h1-9,11-12H,10,13H2,(H,26,31)(H,27,30). The number of carbonyl (C=O) groups excluding carboxylic acids is 2. The highest BCUT2D eigenvalue weighted by Crippen LogP contribution is 2.24. The Labute approximate surface area is 184 Å². The van der Waals surface area contributed by atoms with Crippen LogP contribution in [0, 0.1) is 0 Å². The van der Waals surface area contributed by atoms with Crippen molar-refractivity contribution in [2.45, 2.75) is 12.6 Å². The van der Waals surface area contributed by atoms with E-state index in [1.165, 1.54) is 35.6 Å². The molecule has 6 nitrogen and oxygen atoms in total. The average Bonchev–Trinajstić information content (AvgIpc) is 3.35. The van der Waals surface area contributed by atoms with Gasteiger partial charge in [-0.3, -0.25) is 14.0 Å². The van der Waals surface area contributed by atoms with Gasteiger partial charge in [0, 0.05) is 34.1 Å². The van der Waals surface area contributed by atoms with Crippen molar-refractivity contribution < 1.29 is 22.8 Å². The Morgan fingerprint density at radius 3 is 2.44 bits per heavy atom. The Hall–Kier alpha value is -3.66. The highest BCUT2D eigenvalue weighted by molar-refractivity contribution is 7.15. The molecule has 2 N–H and O–H groups in total. The second kappa shape index (κ2) is 8.83. The van der Waals surface area contributed by atoms with Gasteiger partial charge < -0.3 is 10.6 Å². The fraction of sp³-hybridized carbons (Fsp3) is 0.136. The first-order valence-corrected chi connectivity index (χ1v) is 10.4. The monoisotopic (exact) mass is 458 g/mol. The van der Waals surface area contributed by atoms with Crippen LogP contribution in [0.3, 0.4) is 0 Å². The first-order valence-electron chi connectivity index (χ1n) is 9.54. The molecule has 0 radical (unpaired) electrons. The van der Waals surface area contributed by atoms with E-state index >= 15 is 0 Å². The van der Waals surface area contributed by atoms with Crippen LogP contribution in [0.15, 0.2) is 66.2 Å². The minimum Gasteiger partial charge on any atom is -0.343 e. The van der Waals surface area contributed by atoms with E-state index in [1.54, 1.807) is 5.32 Å². The van der Waals surface area contributed by atoms with Crippen molar-refractivity contribution in [1.29, 1.82) is 0 Å². The molecule has 2 amide bonds. The molecule has 10 heteroatoms. The van der Waals surface area contributed by atoms with Crippen molar-refractivity contribution in [3.8, 4) is 11.3 Å². The van der Waals surface area contributed by atoms with Crippen molar-refractivity contribution in [3.63, 3.8) is 0 Å². The van der Waals surface area contributed by atoms with E-state index < -0.39 is 18.6 Å². The number of nitrogens with zero attached hydrogens (tertiary/aromatic N) is 2. The lowest BCUT2D eigenvalue weighted by Gasteiger charge is -2.09. The van der Waals surface area contributed by atoms with E-state index in [0.29, 0.717) is 5.69 Å². The summed E-state index contributed by atoms with van der Waals surface area (Å²) in [6.45, 7) is -1.40. The van der Waals surface area contributed by atoms with Gasteiger partial charge in [0.05, 0.1) is 12.1 Å². The highest BCUT2D eigenvalue weighted by Gasteiger charge is 2.27. The van der Waals surface area contributed by atoms with Gasteiger partial charge in [0.25, 0.3) is 5.91 Å². The molecule has 0 fully saturated rings. The van der Waals surface area contributed by atoms with Crippen LogP contribution in [0.25, 0.3) is 16.2 Å². The largest absolute Gasteiger partial charge is 0.405 e. The zero-order valence-electron chi connectivity index (χ0n) is 16.5. The van der Waals surface area contributed by atoms with Crippen LogP contribution in [0.5, 0.6) is 0 Å². The Bertz CT molecular complexity index is 1250. The van der Waals surface area contributed by atoms with Gasteiger partial charge in [-0.25, -0.2) is 4.98 Å². The first-order chi connectivity index (χ1) is 15.3. The summed E-state index contributed by atoms with van der Waals surface area (Å²) in [5.41, 5.74) is 3.08. The first kappa shape index (κ1) is 21.6. The van der Waals surface area contributed by atoms with Crippen LogP contribution in [0.1, 0.15) is 16.1 Å². The van der Waals surface area contributed by atoms with Gasteiger partial charge in [-0.15, -0.1) is 11.3 Å². The van der Waals surface area contributed by atoms with Crippen molar-refractivity contribution in [3.05, 3.63) is 77.4 Å². The number of hydrogen-bond donors (Lipinski definition) is 2. The molecule has 4 rings (SSSR count). The Kier molecular flexibility index (Phi) is 5.95. The molecular weight excluding hydrogens is 441 g/mol. The van der Waals surface area contributed by atoms with E-state index in [2.05, 4.69) is 10.3 Å². The third-order valence-corrected chi connectivity index (χ3v) is 5.46. The van der Waals surface area contributed by atoms with Crippen LogP contribution < -0.4 is 10.6 Å². The van der Waals surface area contributed by atoms with Crippen LogP contribution >= 0.6 is 11.3 Å². The molecule has 32 heavy (non-hydrogen) atoms. The predicted molar refractivity (Wildman–Crippen MR) is 116 cm³/mol. The fourth-order valence-corrected chi connectivity index (χ4v) is 3.93. The highest BCUT2D eigenvalue weighted by atomic mass is 32.1. The molecule has 0 saturated heterocycles. The number of fused-ring (bicyclic) bond motifs is 1. The number of thiazole rings is 1. The summed E-state index contributed by atoms with van der Waals surface area (Å²) in [6, 6.07) is 15.4. The number of nitrogens with one attached hydrogen (secondary N) is 2. The minimum atomic E-state index is -4.48. The summed E-state index contributed by atoms with van der Waals surface area (Å²) in [6.07, 6.45) is -2.48. The molecule has 4 aromatic rings. The van der Waals surface area contributed by atoms with E-state index in [-0.39, 0.29) is 17.9 Å². The zero-order valence-corrected chi connectivity index (χ0v) is 17.3. The SMILES string of the molecule is O=C(Cc1csc2nc(-c3ccccc3)cn12)Nc1ccc(C(=O)NCC(F)(F)F)cc1. The second-order valence-corrected chi connectivity index (χ2v) is 7.81. The summed E-state index contributed by atoms with van der Waals surface area (Å²) in [5.74, 6) is -1.11. The number of benzene rings is 2. The topological polar surface area (TPSA) is 75.5 Å². The number of imidazole rings is 1. The third-order valence-electron chi connectivity index (χ3n) is 4.57. The third kappa shape index (κ3) is 5.14. The number of rotatable bonds is 6. The molecule has 0 aliphatic heterocycles. The smallest absolute Gasteiger partial charge is 0.343 e. The summed E-state index contributed by atoms with van der Waals surface area (Å²) >= 11 is 1.44. The molecule has 164 valence electrons. The zero-order chi connectivity index (χ0) is 22.7. The van der Waals surface area contributed by atoms with E-state index in [1.807, 2.05) is 46.3 Å². The number of anilines is 1. The van der Waals surface area contributed by atoms with Crippen molar-refractivity contribution in [1.82, 2.24) is 14.7 Å². The molecule has 0 atom stereocenters. The van der Waals surface area contributed by atoms with Gasteiger partial charge in [0.15, 0.2) is 4.96 Å². The predicted octanol–water partition coefficient (Wildman–Crippen LogP) is 4.54. The van der Waals surface area contributed by atoms with Crippen LogP contribution in [0.2, 0.25) is 0 Å². The van der Waals surface area contributed by atoms with E-state index in [0.717, 1.165) is 21.9 Å². The Morgan fingerprint density at radius 1 is 1.03 bits per heavy atom. The molecule has 2 aromatic heterocycles. The summed E-state index contributed by atoms with van der Waals surface area (Å²) in [5, 5.41) is 6.39. The van der Waals surface area contributed by atoms with Gasteiger partial charge in [-0.1, -0.05) is 30.3 Å². The second-order valence-electron chi connectivity index (χ2n) is 6.97. The number of hydrogen-bond acceptors (Lipinski definition) is 4. The normalized spacial score (nSPS) is 11.5. The molecular formula is C22H17F3N4O2S. The Morgan fingerprint density at radius 2 is 1.75 bits per heavy atom. The lowest BCUT2D eigenvalue weighted by molar-refractivity contribution is -0.123. The van der Waals surface area contributed by atoms with Crippen molar-refractivity contribution in [2.75, 3.05) is 11.9 Å². The maximum atomic E-state index is 12.5. The molecule has 2 aromatic carbocycles. The number of halogens is 3. The van der Waals surface area contributed by atoms with Gasteiger partial charge in [0.1, 0.15) is 6.54 Å². The van der Waals surface area contributed by atoms with Gasteiger partial charge in [0.2, 0.25) is 5.91 Å². The Balaban J connectivity index is 1.39. The molecule has 0 unspecified atom stereocenters. The molecule has 0 spiro atoms. The van der Waals surface area contributed by atoms with Gasteiger partial charge in [-0.2, -0.15) is 13.2 Å². The molecule has 0 saturated carbocycles. The molecule has 0 bridgehead atoms. The lowest BCUT2D eigenvalue weighted by Crippen LogP contribution is -2.33. The fourth-order valence-electron chi connectivity index (χ4n) is 3.06. The quantitative estimate of drug-likeness (QED) is 0.446. The summed E-state index contributed by atoms with van der Waals surface area (Å²) < 4.78 is 38.5. The number of alkyl halides is 3. The minimum absolute atomic E-state index is 0.0682. The van der Waals surface area contributed by atoms with Gasteiger partial charge >= 0.3 is 6.18 Å².